The molecule has 0 atom stereocenters. The molecule has 1 aromatic heterocycles. The van der Waals surface area contributed by atoms with Gasteiger partial charge >= 0.3 is 11.9 Å². The van der Waals surface area contributed by atoms with Crippen molar-refractivity contribution in [3.05, 3.63) is 46.7 Å². The first-order chi connectivity index (χ1) is 14.4. The van der Waals surface area contributed by atoms with Crippen LogP contribution in [-0.4, -0.2) is 37.7 Å². The summed E-state index contributed by atoms with van der Waals surface area (Å²) >= 11 is 0. The van der Waals surface area contributed by atoms with Crippen molar-refractivity contribution in [2.45, 2.75) is 40.5 Å². The molecule has 0 aliphatic heterocycles. The summed E-state index contributed by atoms with van der Waals surface area (Å²) in [5.74, 6) is -1.58. The SMILES string of the molecule is CCCc1ccc(OCC(=O)Nc2oc(C)c(C(=O)OCC)c2C(=O)OCC)cc1. The van der Waals surface area contributed by atoms with Crippen molar-refractivity contribution in [1.82, 2.24) is 0 Å². The van der Waals surface area contributed by atoms with E-state index in [0.29, 0.717) is 5.75 Å². The molecule has 30 heavy (non-hydrogen) atoms. The van der Waals surface area contributed by atoms with Crippen molar-refractivity contribution >= 4 is 23.7 Å². The van der Waals surface area contributed by atoms with E-state index in [0.717, 1.165) is 12.8 Å². The number of nitrogens with one attached hydrogen (secondary N) is 1. The van der Waals surface area contributed by atoms with Crippen molar-refractivity contribution in [2.75, 3.05) is 25.1 Å². The normalized spacial score (nSPS) is 10.4. The van der Waals surface area contributed by atoms with Gasteiger partial charge in [-0.25, -0.2) is 9.59 Å². The van der Waals surface area contributed by atoms with Gasteiger partial charge in [0.15, 0.2) is 6.61 Å². The van der Waals surface area contributed by atoms with E-state index in [9.17, 15) is 14.4 Å². The Labute approximate surface area is 175 Å². The number of aryl methyl sites for hydroxylation is 2. The van der Waals surface area contributed by atoms with E-state index in [2.05, 4.69) is 12.2 Å². The number of amides is 1. The fourth-order valence-corrected chi connectivity index (χ4v) is 2.83. The van der Waals surface area contributed by atoms with Gasteiger partial charge in [0.2, 0.25) is 5.88 Å². The molecule has 0 radical (unpaired) electrons. The van der Waals surface area contributed by atoms with E-state index in [1.807, 2.05) is 12.1 Å². The molecule has 2 rings (SSSR count). The lowest BCUT2D eigenvalue weighted by Gasteiger charge is -2.08. The Balaban J connectivity index is 2.14. The Morgan fingerprint density at radius 2 is 1.53 bits per heavy atom. The fraction of sp³-hybridized carbons (Fsp3) is 0.409. The Morgan fingerprint density at radius 1 is 0.933 bits per heavy atom. The molecule has 0 aliphatic carbocycles. The van der Waals surface area contributed by atoms with Crippen LogP contribution in [-0.2, 0) is 20.7 Å². The van der Waals surface area contributed by atoms with Crippen LogP contribution in [0.5, 0.6) is 5.75 Å². The highest BCUT2D eigenvalue weighted by Crippen LogP contribution is 2.29. The molecule has 2 aromatic rings. The first kappa shape index (κ1) is 23.0. The number of hydrogen-bond acceptors (Lipinski definition) is 7. The average Bonchev–Trinajstić information content (AvgIpc) is 3.03. The molecule has 0 fully saturated rings. The average molecular weight is 417 g/mol. The van der Waals surface area contributed by atoms with Gasteiger partial charge in [0.25, 0.3) is 5.91 Å². The van der Waals surface area contributed by atoms with Gasteiger partial charge in [0.1, 0.15) is 22.6 Å². The minimum atomic E-state index is -0.792. The molecule has 0 bridgehead atoms. The third-order valence-corrected chi connectivity index (χ3v) is 4.13. The standard InChI is InChI=1S/C22H27NO7/c1-5-8-15-9-11-16(12-10-15)29-13-17(24)23-20-19(22(26)28-7-3)18(14(4)30-20)21(25)27-6-2/h9-12H,5-8,13H2,1-4H3,(H,23,24). The predicted octanol–water partition coefficient (Wildman–Crippen LogP) is 3.91. The first-order valence-electron chi connectivity index (χ1n) is 9.90. The summed E-state index contributed by atoms with van der Waals surface area (Å²) in [4.78, 5) is 37.0. The lowest BCUT2D eigenvalue weighted by atomic mass is 10.1. The highest BCUT2D eigenvalue weighted by atomic mass is 16.5. The third kappa shape index (κ3) is 5.85. The van der Waals surface area contributed by atoms with E-state index in [1.54, 1.807) is 26.0 Å². The Hall–Kier alpha value is -3.29. The van der Waals surface area contributed by atoms with Crippen LogP contribution in [0.15, 0.2) is 28.7 Å². The van der Waals surface area contributed by atoms with E-state index in [1.165, 1.54) is 12.5 Å². The summed E-state index contributed by atoms with van der Waals surface area (Å²) in [7, 11) is 0. The number of carbonyl (C=O) groups is 3. The van der Waals surface area contributed by atoms with Crippen molar-refractivity contribution in [1.29, 1.82) is 0 Å². The lowest BCUT2D eigenvalue weighted by molar-refractivity contribution is -0.118. The Bertz CT molecular complexity index is 884. The summed E-state index contributed by atoms with van der Waals surface area (Å²) in [6, 6.07) is 7.46. The zero-order chi connectivity index (χ0) is 22.1. The molecule has 0 aliphatic rings. The number of anilines is 1. The zero-order valence-corrected chi connectivity index (χ0v) is 17.7. The number of benzene rings is 1. The van der Waals surface area contributed by atoms with Crippen LogP contribution in [0, 0.1) is 6.92 Å². The molecule has 162 valence electrons. The molecule has 0 unspecified atom stereocenters. The molecule has 0 saturated carbocycles. The maximum atomic E-state index is 12.4. The molecule has 1 amide bonds. The van der Waals surface area contributed by atoms with Gasteiger partial charge in [-0.15, -0.1) is 0 Å². The van der Waals surface area contributed by atoms with Crippen LogP contribution in [0.25, 0.3) is 0 Å². The zero-order valence-electron chi connectivity index (χ0n) is 17.7. The molecule has 8 heteroatoms. The monoisotopic (exact) mass is 417 g/mol. The van der Waals surface area contributed by atoms with Crippen molar-refractivity contribution in [2.24, 2.45) is 0 Å². The number of furan rings is 1. The number of rotatable bonds is 10. The largest absolute Gasteiger partial charge is 0.484 e. The molecule has 1 heterocycles. The summed E-state index contributed by atoms with van der Waals surface area (Å²) in [5.41, 5.74) is 0.939. The quantitative estimate of drug-likeness (QED) is 0.584. The van der Waals surface area contributed by atoms with Gasteiger partial charge < -0.3 is 18.6 Å². The van der Waals surface area contributed by atoms with Crippen LogP contribution in [0.3, 0.4) is 0 Å². The highest BCUT2D eigenvalue weighted by Gasteiger charge is 2.31. The predicted molar refractivity (Wildman–Crippen MR) is 110 cm³/mol. The third-order valence-electron chi connectivity index (χ3n) is 4.13. The Morgan fingerprint density at radius 3 is 2.10 bits per heavy atom. The van der Waals surface area contributed by atoms with Crippen LogP contribution < -0.4 is 10.1 Å². The van der Waals surface area contributed by atoms with Gasteiger partial charge in [-0.3, -0.25) is 10.1 Å². The fourth-order valence-electron chi connectivity index (χ4n) is 2.83. The smallest absolute Gasteiger partial charge is 0.344 e. The van der Waals surface area contributed by atoms with E-state index >= 15 is 0 Å². The summed E-state index contributed by atoms with van der Waals surface area (Å²) in [5, 5.41) is 2.47. The van der Waals surface area contributed by atoms with Crippen LogP contribution in [0.4, 0.5) is 5.88 Å². The van der Waals surface area contributed by atoms with E-state index in [4.69, 9.17) is 18.6 Å². The molecule has 1 N–H and O–H groups in total. The molecule has 0 spiro atoms. The van der Waals surface area contributed by atoms with Crippen LogP contribution in [0.1, 0.15) is 59.2 Å². The minimum absolute atomic E-state index is 0.0713. The second kappa shape index (κ2) is 11.0. The van der Waals surface area contributed by atoms with Gasteiger partial charge in [0.05, 0.1) is 13.2 Å². The maximum absolute atomic E-state index is 12.4. The number of ether oxygens (including phenoxy) is 3. The summed E-state index contributed by atoms with van der Waals surface area (Å²) in [6.45, 7) is 6.79. The van der Waals surface area contributed by atoms with E-state index in [-0.39, 0.29) is 42.6 Å². The first-order valence-corrected chi connectivity index (χ1v) is 9.90. The second-order valence-electron chi connectivity index (χ2n) is 6.41. The number of carbonyl (C=O) groups excluding carboxylic acids is 3. The van der Waals surface area contributed by atoms with Crippen molar-refractivity contribution in [3.8, 4) is 5.75 Å². The van der Waals surface area contributed by atoms with Crippen LogP contribution in [0.2, 0.25) is 0 Å². The van der Waals surface area contributed by atoms with Gasteiger partial charge in [0, 0.05) is 0 Å². The molecular formula is C22H27NO7. The number of esters is 2. The Kier molecular flexibility index (Phi) is 8.46. The van der Waals surface area contributed by atoms with Crippen LogP contribution >= 0.6 is 0 Å². The second-order valence-corrected chi connectivity index (χ2v) is 6.41. The highest BCUT2D eigenvalue weighted by molar-refractivity contribution is 6.09. The van der Waals surface area contributed by atoms with Crippen molar-refractivity contribution in [3.63, 3.8) is 0 Å². The molecular weight excluding hydrogens is 390 g/mol. The van der Waals surface area contributed by atoms with Gasteiger partial charge in [-0.2, -0.15) is 0 Å². The maximum Gasteiger partial charge on any atom is 0.344 e. The molecule has 8 nitrogen and oxygen atoms in total. The molecule has 0 saturated heterocycles. The minimum Gasteiger partial charge on any atom is -0.484 e. The lowest BCUT2D eigenvalue weighted by Crippen LogP contribution is -2.22. The number of hydrogen-bond donors (Lipinski definition) is 1. The van der Waals surface area contributed by atoms with Gasteiger partial charge in [-0.1, -0.05) is 25.5 Å². The van der Waals surface area contributed by atoms with Crippen molar-refractivity contribution < 1.29 is 33.0 Å². The molecule has 1 aromatic carbocycles. The van der Waals surface area contributed by atoms with E-state index < -0.39 is 17.8 Å². The van der Waals surface area contributed by atoms with Gasteiger partial charge in [-0.05, 0) is 44.9 Å². The summed E-state index contributed by atoms with van der Waals surface area (Å²) in [6.07, 6.45) is 2.01. The topological polar surface area (TPSA) is 104 Å². The summed E-state index contributed by atoms with van der Waals surface area (Å²) < 4.78 is 20.9.